The summed E-state index contributed by atoms with van der Waals surface area (Å²) in [6, 6.07) is 10.8. The van der Waals surface area contributed by atoms with E-state index < -0.39 is 23.2 Å². The second kappa shape index (κ2) is 6.93. The molecule has 2 bridgehead atoms. The second-order valence-corrected chi connectivity index (χ2v) is 11.3. The number of piperidine rings is 1. The Morgan fingerprint density at radius 2 is 2.11 bits per heavy atom. The summed E-state index contributed by atoms with van der Waals surface area (Å²) >= 11 is 0. The molecule has 184 valence electrons. The van der Waals surface area contributed by atoms with Crippen molar-refractivity contribution in [2.45, 2.75) is 54.9 Å². The van der Waals surface area contributed by atoms with Crippen molar-refractivity contribution < 1.29 is 19.7 Å². The van der Waals surface area contributed by atoms with Crippen LogP contribution in [-0.4, -0.2) is 62.9 Å². The van der Waals surface area contributed by atoms with Crippen molar-refractivity contribution in [3.05, 3.63) is 71.4 Å². The van der Waals surface area contributed by atoms with E-state index in [0.717, 1.165) is 47.5 Å². The number of phenols is 1. The van der Waals surface area contributed by atoms with E-state index in [9.17, 15) is 15.0 Å². The van der Waals surface area contributed by atoms with Gasteiger partial charge < -0.3 is 25.3 Å². The van der Waals surface area contributed by atoms with Crippen molar-refractivity contribution in [1.29, 1.82) is 0 Å². The van der Waals surface area contributed by atoms with E-state index in [1.165, 1.54) is 12.8 Å². The van der Waals surface area contributed by atoms with E-state index in [2.05, 4.69) is 15.2 Å². The van der Waals surface area contributed by atoms with E-state index in [0.29, 0.717) is 17.7 Å². The molecule has 7 heteroatoms. The first-order valence-electron chi connectivity index (χ1n) is 13.0. The number of amides is 1. The normalized spacial score (nSPS) is 33.9. The number of aromatic amines is 1. The number of nitrogens with zero attached hydrogens (tertiary/aromatic N) is 1. The lowest BCUT2D eigenvalue weighted by atomic mass is 9.50. The third-order valence-electron chi connectivity index (χ3n) is 9.47. The molecule has 2 fully saturated rings. The van der Waals surface area contributed by atoms with Gasteiger partial charge in [0, 0.05) is 29.7 Å². The fraction of sp³-hybridized carbons (Fsp3) is 0.414. The van der Waals surface area contributed by atoms with Crippen LogP contribution in [-0.2, 0) is 11.8 Å². The number of carbonyl (C=O) groups is 1. The zero-order valence-electron chi connectivity index (χ0n) is 19.9. The second-order valence-electron chi connectivity index (χ2n) is 11.3. The van der Waals surface area contributed by atoms with Gasteiger partial charge in [-0.2, -0.15) is 0 Å². The number of aromatic nitrogens is 1. The van der Waals surface area contributed by atoms with Gasteiger partial charge in [0.2, 0.25) is 0 Å². The zero-order chi connectivity index (χ0) is 24.2. The van der Waals surface area contributed by atoms with Crippen molar-refractivity contribution in [3.63, 3.8) is 0 Å². The fourth-order valence-electron chi connectivity index (χ4n) is 7.67. The molecule has 2 aliphatic heterocycles. The first-order valence-corrected chi connectivity index (χ1v) is 13.0. The molecule has 0 radical (unpaired) electrons. The number of likely N-dealkylation sites (tertiary alicyclic amines) is 1. The van der Waals surface area contributed by atoms with E-state index in [4.69, 9.17) is 4.74 Å². The number of aromatic hydroxyl groups is 1. The predicted molar refractivity (Wildman–Crippen MR) is 134 cm³/mol. The number of fused-ring (bicyclic) bond motifs is 1. The monoisotopic (exact) mass is 483 g/mol. The molecule has 3 heterocycles. The number of para-hydroxylation sites is 1. The maximum Gasteiger partial charge on any atom is 0.254 e. The highest BCUT2D eigenvalue weighted by Crippen LogP contribution is 2.64. The van der Waals surface area contributed by atoms with Crippen LogP contribution in [0.15, 0.2) is 54.7 Å². The van der Waals surface area contributed by atoms with Crippen molar-refractivity contribution in [2.24, 2.45) is 5.92 Å². The molecular formula is C29H29N3O4. The molecule has 1 saturated carbocycles. The Kier molecular flexibility index (Phi) is 4.01. The van der Waals surface area contributed by atoms with E-state index >= 15 is 0 Å². The number of hydrogen-bond donors (Lipinski definition) is 4. The number of benzene rings is 2. The molecule has 7 nitrogen and oxygen atoms in total. The van der Waals surface area contributed by atoms with Crippen LogP contribution in [0.3, 0.4) is 0 Å². The van der Waals surface area contributed by atoms with Gasteiger partial charge in [0.05, 0.1) is 22.5 Å². The lowest BCUT2D eigenvalue weighted by Gasteiger charge is -2.62. The van der Waals surface area contributed by atoms with Crippen LogP contribution in [0.5, 0.6) is 11.5 Å². The van der Waals surface area contributed by atoms with Crippen LogP contribution < -0.4 is 10.1 Å². The number of H-pyrrole nitrogens is 1. The highest BCUT2D eigenvalue weighted by molar-refractivity contribution is 6.05. The summed E-state index contributed by atoms with van der Waals surface area (Å²) in [6.45, 7) is 1.89. The minimum Gasteiger partial charge on any atom is -0.504 e. The molecule has 4 N–H and O–H groups in total. The molecule has 2 aromatic carbocycles. The number of nitrogens with one attached hydrogen (secondary N) is 2. The van der Waals surface area contributed by atoms with Gasteiger partial charge >= 0.3 is 0 Å². The van der Waals surface area contributed by atoms with Crippen molar-refractivity contribution >= 4 is 16.8 Å². The third kappa shape index (κ3) is 2.52. The van der Waals surface area contributed by atoms with Crippen LogP contribution in [0, 0.1) is 5.92 Å². The molecule has 1 amide bonds. The minimum absolute atomic E-state index is 0.0542. The lowest BCUT2D eigenvalue weighted by molar-refractivity contribution is -0.144. The van der Waals surface area contributed by atoms with Crippen molar-refractivity contribution in [2.75, 3.05) is 13.1 Å². The Labute approximate surface area is 208 Å². The number of phenolic OH excluding ortho intramolecular Hbond substituents is 1. The maximum atomic E-state index is 13.5. The smallest absolute Gasteiger partial charge is 0.254 e. The lowest BCUT2D eigenvalue weighted by Crippen LogP contribution is -2.76. The molecule has 36 heavy (non-hydrogen) atoms. The number of hydrogen-bond acceptors (Lipinski definition) is 5. The summed E-state index contributed by atoms with van der Waals surface area (Å²) in [5.41, 5.74) is 1.60. The Morgan fingerprint density at radius 1 is 1.22 bits per heavy atom. The Morgan fingerprint density at radius 3 is 2.97 bits per heavy atom. The highest BCUT2D eigenvalue weighted by Gasteiger charge is 2.72. The quantitative estimate of drug-likeness (QED) is 0.428. The van der Waals surface area contributed by atoms with Gasteiger partial charge in [0.15, 0.2) is 11.5 Å². The predicted octanol–water partition coefficient (Wildman–Crippen LogP) is 3.01. The van der Waals surface area contributed by atoms with Gasteiger partial charge in [-0.05, 0) is 61.9 Å². The molecule has 3 aromatic rings. The summed E-state index contributed by atoms with van der Waals surface area (Å²) in [5.74, 6) is 1.10. The Balaban J connectivity index is 1.23. The number of rotatable bonds is 4. The molecule has 5 atom stereocenters. The van der Waals surface area contributed by atoms with Gasteiger partial charge in [0.1, 0.15) is 11.7 Å². The number of carbonyl (C=O) groups excluding carboxylic acids is 1. The van der Waals surface area contributed by atoms with E-state index in [1.807, 2.05) is 48.7 Å². The molecular weight excluding hydrogens is 454 g/mol. The molecule has 1 aromatic heterocycles. The minimum atomic E-state index is -1.13. The van der Waals surface area contributed by atoms with Crippen LogP contribution in [0.1, 0.15) is 40.7 Å². The first-order chi connectivity index (χ1) is 17.5. The zero-order valence-corrected chi connectivity index (χ0v) is 19.9. The van der Waals surface area contributed by atoms with Crippen molar-refractivity contribution in [1.82, 2.24) is 15.2 Å². The van der Waals surface area contributed by atoms with Crippen LogP contribution in [0.25, 0.3) is 10.9 Å². The van der Waals surface area contributed by atoms with Gasteiger partial charge in [-0.3, -0.25) is 9.69 Å². The first kappa shape index (κ1) is 20.9. The summed E-state index contributed by atoms with van der Waals surface area (Å²) in [4.78, 5) is 19.2. The summed E-state index contributed by atoms with van der Waals surface area (Å²) in [5, 5.41) is 27.4. The molecule has 5 aliphatic rings. The number of ether oxygens (including phenoxy) is 1. The van der Waals surface area contributed by atoms with E-state index in [1.54, 1.807) is 6.07 Å². The Hall–Kier alpha value is -3.29. The SMILES string of the molecule is O=C(N[C@H]1C=C[C@@]2(O)[C@H]3Cc4ccc(O)c5c4[C@@]2(CCN3CC2CC2)[C@H]1O5)c1cccc2cc[nH]c12. The average Bonchev–Trinajstić information content (AvgIpc) is 3.41. The fourth-order valence-corrected chi connectivity index (χ4v) is 7.67. The van der Waals surface area contributed by atoms with Crippen LogP contribution >= 0.6 is 0 Å². The van der Waals surface area contributed by atoms with E-state index in [-0.39, 0.29) is 17.7 Å². The standard InChI is InChI=1S/C29H29N3O4/c33-21-7-6-18-14-22-29(35)10-8-20(31-27(34)19-3-1-2-17-9-12-30-24(17)19)26-28(29,23(18)25(21)36-26)11-13-32(22)15-16-4-5-16/h1-3,6-10,12,16,20,22,26,30,33,35H,4-5,11,13-15H2,(H,31,34)/t20-,22+,26-,28-,29+/m0/s1. The molecule has 0 unspecified atom stereocenters. The maximum absolute atomic E-state index is 13.5. The highest BCUT2D eigenvalue weighted by atomic mass is 16.5. The van der Waals surface area contributed by atoms with Gasteiger partial charge in [-0.25, -0.2) is 0 Å². The molecule has 8 rings (SSSR count). The Bertz CT molecular complexity index is 1460. The summed E-state index contributed by atoms with van der Waals surface area (Å²) < 4.78 is 6.52. The third-order valence-corrected chi connectivity index (χ3v) is 9.47. The van der Waals surface area contributed by atoms with Gasteiger partial charge in [-0.1, -0.05) is 30.4 Å². The van der Waals surface area contributed by atoms with Crippen LogP contribution in [0.4, 0.5) is 0 Å². The summed E-state index contributed by atoms with van der Waals surface area (Å²) in [6.07, 6.45) is 9.14. The van der Waals surface area contributed by atoms with Gasteiger partial charge in [-0.15, -0.1) is 0 Å². The number of aliphatic hydroxyl groups is 1. The topological polar surface area (TPSA) is 97.8 Å². The van der Waals surface area contributed by atoms with Gasteiger partial charge in [0.25, 0.3) is 5.91 Å². The molecule has 3 aliphatic carbocycles. The average molecular weight is 484 g/mol. The molecule has 1 spiro atoms. The largest absolute Gasteiger partial charge is 0.504 e. The van der Waals surface area contributed by atoms with Crippen LogP contribution in [0.2, 0.25) is 0 Å². The van der Waals surface area contributed by atoms with Crippen molar-refractivity contribution in [3.8, 4) is 11.5 Å². The summed E-state index contributed by atoms with van der Waals surface area (Å²) in [7, 11) is 0. The molecule has 1 saturated heterocycles.